The van der Waals surface area contributed by atoms with Gasteiger partial charge in [0, 0.05) is 11.6 Å². The Kier molecular flexibility index (Phi) is 3.71. The molecule has 0 spiro atoms. The van der Waals surface area contributed by atoms with Crippen LogP contribution in [0.1, 0.15) is 0 Å². The molecule has 1 N–H and O–H groups in total. The Morgan fingerprint density at radius 3 is 2.36 bits per heavy atom. The average molecular weight is 238 g/mol. The molecule has 0 heterocycles. The second-order valence-corrected chi connectivity index (χ2v) is 4.84. The largest absolute Gasteiger partial charge is 0.284 e. The molecule has 0 atom stereocenters. The van der Waals surface area contributed by atoms with Crippen molar-refractivity contribution in [2.24, 2.45) is 0 Å². The van der Waals surface area contributed by atoms with E-state index < -0.39 is 15.8 Å². The van der Waals surface area contributed by atoms with Crippen LogP contribution in [0.3, 0.4) is 0 Å². The van der Waals surface area contributed by atoms with E-state index >= 15 is 0 Å². The Balaban J connectivity index is 2.74. The predicted octanol–water partition coefficient (Wildman–Crippen LogP) is 1.81. The van der Waals surface area contributed by atoms with E-state index in [0.717, 1.165) is 0 Å². The first-order chi connectivity index (χ1) is 6.53. The number of hydrogen-bond donors (Lipinski definition) is 1. The molecule has 0 saturated heterocycles. The highest BCUT2D eigenvalue weighted by atomic mass is 35.5. The predicted molar refractivity (Wildman–Crippen MR) is 54.5 cm³/mol. The molecule has 0 unspecified atom stereocenters. The lowest BCUT2D eigenvalue weighted by Crippen LogP contribution is -2.17. The van der Waals surface area contributed by atoms with Gasteiger partial charge in [0.1, 0.15) is 5.82 Å². The van der Waals surface area contributed by atoms with E-state index in [-0.39, 0.29) is 11.6 Å². The molecule has 3 nitrogen and oxygen atoms in total. The topological polar surface area (TPSA) is 46.2 Å². The van der Waals surface area contributed by atoms with Gasteiger partial charge in [0.05, 0.1) is 5.75 Å². The number of nitrogens with one attached hydrogen (secondary N) is 1. The van der Waals surface area contributed by atoms with E-state index in [1.54, 1.807) is 0 Å². The third kappa shape index (κ3) is 3.51. The van der Waals surface area contributed by atoms with E-state index in [2.05, 4.69) is 4.72 Å². The van der Waals surface area contributed by atoms with Crippen LogP contribution in [0.15, 0.2) is 24.3 Å². The second kappa shape index (κ2) is 4.61. The van der Waals surface area contributed by atoms with Crippen LogP contribution in [0.4, 0.5) is 10.1 Å². The molecule has 0 bridgehead atoms. The van der Waals surface area contributed by atoms with Crippen LogP contribution < -0.4 is 4.72 Å². The van der Waals surface area contributed by atoms with Gasteiger partial charge in [-0.15, -0.1) is 11.6 Å². The molecule has 0 aliphatic carbocycles. The minimum absolute atomic E-state index is 0.0243. The summed E-state index contributed by atoms with van der Waals surface area (Å²) in [5.74, 6) is -0.548. The number of sulfonamides is 1. The molecule has 1 aromatic rings. The van der Waals surface area contributed by atoms with E-state index in [1.165, 1.54) is 24.3 Å². The van der Waals surface area contributed by atoms with Gasteiger partial charge in [-0.3, -0.25) is 4.72 Å². The Labute approximate surface area is 86.9 Å². The van der Waals surface area contributed by atoms with Crippen molar-refractivity contribution in [3.8, 4) is 0 Å². The summed E-state index contributed by atoms with van der Waals surface area (Å²) in [5, 5.41) is 0. The Hall–Kier alpha value is -0.810. The molecule has 0 fully saturated rings. The molecule has 0 aliphatic heterocycles. The number of benzene rings is 1. The molecule has 0 saturated carbocycles. The lowest BCUT2D eigenvalue weighted by atomic mass is 10.3. The van der Waals surface area contributed by atoms with Crippen molar-refractivity contribution in [1.82, 2.24) is 0 Å². The fourth-order valence-corrected chi connectivity index (χ4v) is 2.26. The van der Waals surface area contributed by atoms with Crippen LogP contribution in [-0.2, 0) is 10.0 Å². The summed E-state index contributed by atoms with van der Waals surface area (Å²) in [6.07, 6.45) is 0. The molecule has 0 amide bonds. The summed E-state index contributed by atoms with van der Waals surface area (Å²) >= 11 is 5.30. The number of halogens is 2. The molecule has 14 heavy (non-hydrogen) atoms. The van der Waals surface area contributed by atoms with Crippen molar-refractivity contribution in [3.05, 3.63) is 30.1 Å². The Morgan fingerprint density at radius 2 is 1.86 bits per heavy atom. The van der Waals surface area contributed by atoms with Crippen LogP contribution in [0, 0.1) is 5.82 Å². The van der Waals surface area contributed by atoms with E-state index in [4.69, 9.17) is 11.6 Å². The Bertz CT molecular complexity index is 390. The summed E-state index contributed by atoms with van der Waals surface area (Å²) in [4.78, 5) is 0. The van der Waals surface area contributed by atoms with Gasteiger partial charge in [-0.2, -0.15) is 0 Å². The summed E-state index contributed by atoms with van der Waals surface area (Å²) in [6, 6.07) is 5.05. The number of alkyl halides is 1. The van der Waals surface area contributed by atoms with E-state index in [1.807, 2.05) is 0 Å². The van der Waals surface area contributed by atoms with Gasteiger partial charge in [-0.05, 0) is 24.3 Å². The fourth-order valence-electron chi connectivity index (χ4n) is 0.850. The number of anilines is 1. The standard InChI is InChI=1S/C8H9ClFNO2S/c9-5-6-14(12,13)11-8-3-1-7(10)2-4-8/h1-4,11H,5-6H2. The smallest absolute Gasteiger partial charge is 0.233 e. The van der Waals surface area contributed by atoms with Gasteiger partial charge in [-0.1, -0.05) is 0 Å². The molecule has 0 aliphatic rings. The van der Waals surface area contributed by atoms with E-state index in [9.17, 15) is 12.8 Å². The molecule has 0 radical (unpaired) electrons. The third-order valence-electron chi connectivity index (χ3n) is 1.46. The molecular formula is C8H9ClFNO2S. The maximum Gasteiger partial charge on any atom is 0.233 e. The number of rotatable bonds is 4. The van der Waals surface area contributed by atoms with Crippen molar-refractivity contribution in [2.75, 3.05) is 16.4 Å². The highest BCUT2D eigenvalue weighted by molar-refractivity contribution is 7.92. The fraction of sp³-hybridized carbons (Fsp3) is 0.250. The lowest BCUT2D eigenvalue weighted by Gasteiger charge is -2.05. The molecule has 1 aromatic carbocycles. The first kappa shape index (κ1) is 11.3. The van der Waals surface area contributed by atoms with E-state index in [0.29, 0.717) is 5.69 Å². The average Bonchev–Trinajstić information content (AvgIpc) is 2.08. The molecule has 1 rings (SSSR count). The summed E-state index contributed by atoms with van der Waals surface area (Å²) in [5.41, 5.74) is 0.330. The van der Waals surface area contributed by atoms with Crippen molar-refractivity contribution in [2.45, 2.75) is 0 Å². The SMILES string of the molecule is O=S(=O)(CCCl)Nc1ccc(F)cc1. The molecule has 6 heteroatoms. The lowest BCUT2D eigenvalue weighted by molar-refractivity contribution is 0.602. The summed E-state index contributed by atoms with van der Waals surface area (Å²) < 4.78 is 37.1. The van der Waals surface area contributed by atoms with Crippen molar-refractivity contribution in [1.29, 1.82) is 0 Å². The van der Waals surface area contributed by atoms with Gasteiger partial charge >= 0.3 is 0 Å². The zero-order valence-corrected chi connectivity index (χ0v) is 8.78. The van der Waals surface area contributed by atoms with Crippen LogP contribution in [0.5, 0.6) is 0 Å². The first-order valence-corrected chi connectivity index (χ1v) is 6.04. The van der Waals surface area contributed by atoms with Gasteiger partial charge < -0.3 is 0 Å². The zero-order valence-electron chi connectivity index (χ0n) is 7.20. The van der Waals surface area contributed by atoms with Gasteiger partial charge in [-0.25, -0.2) is 12.8 Å². The van der Waals surface area contributed by atoms with Gasteiger partial charge in [0.2, 0.25) is 10.0 Å². The summed E-state index contributed by atoms with van der Waals surface area (Å²) in [7, 11) is -3.40. The molecule has 0 aromatic heterocycles. The normalized spacial score (nSPS) is 11.3. The maximum absolute atomic E-state index is 12.5. The third-order valence-corrected chi connectivity index (χ3v) is 3.16. The second-order valence-electron chi connectivity index (χ2n) is 2.62. The quantitative estimate of drug-likeness (QED) is 0.812. The number of hydrogen-bond acceptors (Lipinski definition) is 2. The van der Waals surface area contributed by atoms with Crippen molar-refractivity contribution in [3.63, 3.8) is 0 Å². The van der Waals surface area contributed by atoms with Crippen molar-refractivity contribution < 1.29 is 12.8 Å². The Morgan fingerprint density at radius 1 is 1.29 bits per heavy atom. The van der Waals surface area contributed by atoms with Gasteiger partial charge in [0.15, 0.2) is 0 Å². The minimum atomic E-state index is -3.40. The van der Waals surface area contributed by atoms with Crippen LogP contribution in [0.2, 0.25) is 0 Å². The zero-order chi connectivity index (χ0) is 10.6. The maximum atomic E-state index is 12.5. The monoisotopic (exact) mass is 237 g/mol. The van der Waals surface area contributed by atoms with Gasteiger partial charge in [0.25, 0.3) is 0 Å². The van der Waals surface area contributed by atoms with Crippen LogP contribution >= 0.6 is 11.6 Å². The highest BCUT2D eigenvalue weighted by Gasteiger charge is 2.08. The van der Waals surface area contributed by atoms with Crippen LogP contribution in [-0.4, -0.2) is 20.1 Å². The first-order valence-electron chi connectivity index (χ1n) is 3.85. The molecular weight excluding hydrogens is 229 g/mol. The summed E-state index contributed by atoms with van der Waals surface area (Å²) in [6.45, 7) is 0. The van der Waals surface area contributed by atoms with Crippen molar-refractivity contribution >= 4 is 27.3 Å². The van der Waals surface area contributed by atoms with Crippen LogP contribution in [0.25, 0.3) is 0 Å². The molecule has 78 valence electrons. The minimum Gasteiger partial charge on any atom is -0.284 e. The highest BCUT2D eigenvalue weighted by Crippen LogP contribution is 2.10.